The summed E-state index contributed by atoms with van der Waals surface area (Å²) in [5, 5.41) is 10.2. The molecule has 2 atom stereocenters. The molecule has 0 amide bonds. The smallest absolute Gasteiger partial charge is 0.136 e. The van der Waals surface area contributed by atoms with E-state index < -0.39 is 0 Å². The summed E-state index contributed by atoms with van der Waals surface area (Å²) < 4.78 is 5.79. The summed E-state index contributed by atoms with van der Waals surface area (Å²) in [5.74, 6) is 2.35. The van der Waals surface area contributed by atoms with Gasteiger partial charge >= 0.3 is 0 Å². The van der Waals surface area contributed by atoms with Crippen molar-refractivity contribution in [3.63, 3.8) is 0 Å². The molecule has 0 radical (unpaired) electrons. The number of hydrogen-bond acceptors (Lipinski definition) is 3. The molecule has 2 aromatic carbocycles. The second-order valence-electron chi connectivity index (χ2n) is 10.8. The SMILES string of the molecule is CCCCOc1ccc(-c2ccc(C3CCC(C#N)(C4CCC(CCC)C(=O)C4)CC3)cc2)cc1. The molecule has 35 heavy (non-hydrogen) atoms. The Morgan fingerprint density at radius 2 is 1.57 bits per heavy atom. The summed E-state index contributed by atoms with van der Waals surface area (Å²) in [4.78, 5) is 12.7. The first-order chi connectivity index (χ1) is 17.1. The van der Waals surface area contributed by atoms with Crippen molar-refractivity contribution in [1.82, 2.24) is 0 Å². The van der Waals surface area contributed by atoms with Gasteiger partial charge in [-0.05, 0) is 92.0 Å². The fourth-order valence-corrected chi connectivity index (χ4v) is 6.30. The van der Waals surface area contributed by atoms with Gasteiger partial charge in [-0.25, -0.2) is 0 Å². The van der Waals surface area contributed by atoms with E-state index in [0.717, 1.165) is 76.6 Å². The third kappa shape index (κ3) is 5.97. The number of nitriles is 1. The van der Waals surface area contributed by atoms with Gasteiger partial charge < -0.3 is 4.74 Å². The molecule has 2 aliphatic rings. The predicted octanol–water partition coefficient (Wildman–Crippen LogP) is 8.49. The molecule has 2 fully saturated rings. The van der Waals surface area contributed by atoms with E-state index in [4.69, 9.17) is 4.74 Å². The van der Waals surface area contributed by atoms with Crippen molar-refractivity contribution >= 4 is 5.78 Å². The van der Waals surface area contributed by atoms with Gasteiger partial charge in [0.25, 0.3) is 0 Å². The van der Waals surface area contributed by atoms with Crippen LogP contribution in [0.1, 0.15) is 96.0 Å². The van der Waals surface area contributed by atoms with E-state index in [-0.39, 0.29) is 17.3 Å². The highest BCUT2D eigenvalue weighted by atomic mass is 16.5. The highest BCUT2D eigenvalue weighted by Crippen LogP contribution is 2.51. The molecule has 2 saturated carbocycles. The molecular formula is C32H41NO2. The molecule has 4 rings (SSSR count). The Kier molecular flexibility index (Phi) is 8.66. The molecule has 0 heterocycles. The number of carbonyl (C=O) groups excluding carboxylic acids is 1. The van der Waals surface area contributed by atoms with Crippen LogP contribution in [0.2, 0.25) is 0 Å². The molecule has 0 spiro atoms. The standard InChI is InChI=1S/C32H41NO2/c1-3-5-21-35-30-15-12-26(13-16-30)24-7-9-25(10-8-24)27-17-19-32(23-33,20-18-27)29-14-11-28(6-4-2)31(34)22-29/h7-10,12-13,15-16,27-29H,3-6,11,14,17-22H2,1-2H3. The van der Waals surface area contributed by atoms with Crippen molar-refractivity contribution < 1.29 is 9.53 Å². The van der Waals surface area contributed by atoms with E-state index in [9.17, 15) is 10.1 Å². The molecule has 2 unspecified atom stereocenters. The summed E-state index contributed by atoms with van der Waals surface area (Å²) in [6, 6.07) is 20.1. The number of ketones is 1. The maximum atomic E-state index is 12.7. The highest BCUT2D eigenvalue weighted by Gasteiger charge is 2.45. The lowest BCUT2D eigenvalue weighted by Crippen LogP contribution is -2.38. The number of rotatable bonds is 9. The molecule has 0 N–H and O–H groups in total. The number of nitrogens with zero attached hydrogens (tertiary/aromatic N) is 1. The monoisotopic (exact) mass is 471 g/mol. The minimum Gasteiger partial charge on any atom is -0.494 e. The largest absolute Gasteiger partial charge is 0.494 e. The van der Waals surface area contributed by atoms with Gasteiger partial charge in [0.1, 0.15) is 11.5 Å². The van der Waals surface area contributed by atoms with Crippen LogP contribution < -0.4 is 4.74 Å². The Morgan fingerprint density at radius 3 is 2.14 bits per heavy atom. The van der Waals surface area contributed by atoms with Crippen molar-refractivity contribution in [1.29, 1.82) is 5.26 Å². The van der Waals surface area contributed by atoms with Crippen LogP contribution in [0.15, 0.2) is 48.5 Å². The van der Waals surface area contributed by atoms with E-state index >= 15 is 0 Å². The van der Waals surface area contributed by atoms with E-state index in [2.05, 4.69) is 68.4 Å². The maximum absolute atomic E-state index is 12.7. The highest BCUT2D eigenvalue weighted by molar-refractivity contribution is 5.82. The maximum Gasteiger partial charge on any atom is 0.136 e. The minimum absolute atomic E-state index is 0.242. The number of Topliss-reactive ketones (excluding diaryl/α,β-unsaturated/α-hetero) is 1. The molecular weight excluding hydrogens is 430 g/mol. The Hall–Kier alpha value is -2.60. The van der Waals surface area contributed by atoms with Gasteiger partial charge in [0, 0.05) is 12.3 Å². The van der Waals surface area contributed by atoms with Gasteiger partial charge in [-0.3, -0.25) is 4.79 Å². The van der Waals surface area contributed by atoms with Crippen molar-refractivity contribution in [2.45, 2.75) is 90.4 Å². The Bertz CT molecular complexity index is 993. The summed E-state index contributed by atoms with van der Waals surface area (Å²) in [6.07, 6.45) is 10.9. The number of ether oxygens (including phenoxy) is 1. The third-order valence-electron chi connectivity index (χ3n) is 8.62. The molecule has 0 aromatic heterocycles. The van der Waals surface area contributed by atoms with Crippen LogP contribution in [-0.2, 0) is 4.79 Å². The topological polar surface area (TPSA) is 50.1 Å². The van der Waals surface area contributed by atoms with Crippen molar-refractivity contribution in [2.75, 3.05) is 6.61 Å². The Morgan fingerprint density at radius 1 is 0.914 bits per heavy atom. The van der Waals surface area contributed by atoms with Gasteiger partial charge in [-0.15, -0.1) is 0 Å². The van der Waals surface area contributed by atoms with Crippen LogP contribution in [0.4, 0.5) is 0 Å². The van der Waals surface area contributed by atoms with E-state index in [1.807, 2.05) is 0 Å². The van der Waals surface area contributed by atoms with Gasteiger partial charge in [0.05, 0.1) is 18.1 Å². The second-order valence-corrected chi connectivity index (χ2v) is 10.8. The lowest BCUT2D eigenvalue weighted by Gasteiger charge is -2.43. The molecule has 186 valence electrons. The van der Waals surface area contributed by atoms with Gasteiger partial charge in [-0.2, -0.15) is 5.26 Å². The Balaban J connectivity index is 1.34. The molecule has 0 bridgehead atoms. The average molecular weight is 472 g/mol. The summed E-state index contributed by atoms with van der Waals surface area (Å²) in [6.45, 7) is 5.10. The number of unbranched alkanes of at least 4 members (excludes halogenated alkanes) is 1. The fraction of sp³-hybridized carbons (Fsp3) is 0.562. The van der Waals surface area contributed by atoms with Crippen molar-refractivity contribution in [3.8, 4) is 22.9 Å². The quantitative estimate of drug-likeness (QED) is 0.344. The lowest BCUT2D eigenvalue weighted by atomic mass is 9.59. The number of carbonyl (C=O) groups is 1. The Labute approximate surface area is 211 Å². The minimum atomic E-state index is -0.301. The first-order valence-electron chi connectivity index (χ1n) is 13.9. The number of hydrogen-bond donors (Lipinski definition) is 0. The normalized spacial score (nSPS) is 26.8. The second kappa shape index (κ2) is 11.9. The van der Waals surface area contributed by atoms with E-state index in [1.165, 1.54) is 16.7 Å². The summed E-state index contributed by atoms with van der Waals surface area (Å²) >= 11 is 0. The zero-order chi connectivity index (χ0) is 24.7. The van der Waals surface area contributed by atoms with Crippen LogP contribution >= 0.6 is 0 Å². The summed E-state index contributed by atoms with van der Waals surface area (Å²) in [5.41, 5.74) is 3.50. The zero-order valence-electron chi connectivity index (χ0n) is 21.6. The molecule has 0 aliphatic heterocycles. The molecule has 3 heteroatoms. The van der Waals surface area contributed by atoms with Gasteiger partial charge in [-0.1, -0.05) is 63.1 Å². The first kappa shape index (κ1) is 25.5. The fourth-order valence-electron chi connectivity index (χ4n) is 6.30. The number of benzene rings is 2. The predicted molar refractivity (Wildman–Crippen MR) is 142 cm³/mol. The van der Waals surface area contributed by atoms with Crippen LogP contribution in [0, 0.1) is 28.6 Å². The lowest BCUT2D eigenvalue weighted by molar-refractivity contribution is -0.128. The van der Waals surface area contributed by atoms with Crippen LogP contribution in [0.25, 0.3) is 11.1 Å². The molecule has 0 saturated heterocycles. The van der Waals surface area contributed by atoms with E-state index in [1.54, 1.807) is 0 Å². The van der Waals surface area contributed by atoms with Gasteiger partial charge in [0.2, 0.25) is 0 Å². The van der Waals surface area contributed by atoms with Crippen molar-refractivity contribution in [3.05, 3.63) is 54.1 Å². The van der Waals surface area contributed by atoms with Crippen LogP contribution in [0.3, 0.4) is 0 Å². The zero-order valence-corrected chi connectivity index (χ0v) is 21.6. The van der Waals surface area contributed by atoms with Crippen molar-refractivity contribution in [2.24, 2.45) is 17.3 Å². The molecule has 3 nitrogen and oxygen atoms in total. The van der Waals surface area contributed by atoms with E-state index in [0.29, 0.717) is 18.1 Å². The van der Waals surface area contributed by atoms with Crippen LogP contribution in [-0.4, -0.2) is 12.4 Å². The summed E-state index contributed by atoms with van der Waals surface area (Å²) in [7, 11) is 0. The average Bonchev–Trinajstić information content (AvgIpc) is 2.91. The first-order valence-corrected chi connectivity index (χ1v) is 13.9. The third-order valence-corrected chi connectivity index (χ3v) is 8.62. The molecule has 2 aromatic rings. The van der Waals surface area contributed by atoms with Crippen LogP contribution in [0.5, 0.6) is 5.75 Å². The molecule has 2 aliphatic carbocycles. The van der Waals surface area contributed by atoms with Gasteiger partial charge in [0.15, 0.2) is 0 Å².